The van der Waals surface area contributed by atoms with E-state index in [9.17, 15) is 9.65 Å². The molecule has 0 atom stereocenters. The average molecular weight is 474 g/mol. The van der Waals surface area contributed by atoms with Crippen LogP contribution in [0.2, 0.25) is 5.02 Å². The minimum atomic E-state index is -0.281. The Bertz CT molecular complexity index is 1300. The molecule has 0 saturated carbocycles. The van der Waals surface area contributed by atoms with Crippen molar-refractivity contribution in [1.29, 1.82) is 5.26 Å². The number of rotatable bonds is 2. The maximum Gasteiger partial charge on any atom is 0.123 e. The van der Waals surface area contributed by atoms with Gasteiger partial charge in [0.15, 0.2) is 0 Å². The summed E-state index contributed by atoms with van der Waals surface area (Å²) in [6.45, 7) is 1.56. The van der Waals surface area contributed by atoms with Crippen LogP contribution in [0.4, 0.5) is 4.39 Å². The minimum absolute atomic E-state index is 0.281. The number of allylic oxidation sites excluding steroid dienone is 1. The molecule has 2 aliphatic heterocycles. The number of nitriles is 1. The maximum atomic E-state index is 13.4. The van der Waals surface area contributed by atoms with Gasteiger partial charge in [-0.3, -0.25) is 4.98 Å². The number of fused-ring (bicyclic) bond motifs is 2. The van der Waals surface area contributed by atoms with E-state index in [4.69, 9.17) is 16.6 Å². The third kappa shape index (κ3) is 4.42. The normalized spacial score (nSPS) is 16.0. The summed E-state index contributed by atoms with van der Waals surface area (Å²) in [5, 5.41) is 10.1. The van der Waals surface area contributed by atoms with Crippen LogP contribution in [0, 0.1) is 17.1 Å². The molecule has 164 valence electrons. The van der Waals surface area contributed by atoms with Crippen LogP contribution in [-0.2, 0) is 5.75 Å². The van der Waals surface area contributed by atoms with Crippen LogP contribution in [-0.4, -0.2) is 23.0 Å². The van der Waals surface area contributed by atoms with Gasteiger partial charge in [-0.15, -0.1) is 11.8 Å². The van der Waals surface area contributed by atoms with Gasteiger partial charge in [-0.2, -0.15) is 5.26 Å². The van der Waals surface area contributed by atoms with Gasteiger partial charge >= 0.3 is 0 Å². The second-order valence-corrected chi connectivity index (χ2v) is 9.53. The van der Waals surface area contributed by atoms with Crippen molar-refractivity contribution in [3.8, 4) is 6.07 Å². The fraction of sp³-hybridized carbons (Fsp3) is 0.185. The van der Waals surface area contributed by atoms with Crippen molar-refractivity contribution < 1.29 is 4.39 Å². The number of nitrogens with zero attached hydrogens (tertiary/aromatic N) is 3. The second kappa shape index (κ2) is 9.43. The Labute approximate surface area is 202 Å². The zero-order valence-corrected chi connectivity index (χ0v) is 19.5. The molecule has 2 aromatic carbocycles. The van der Waals surface area contributed by atoms with E-state index in [1.165, 1.54) is 39.3 Å². The molecule has 0 amide bonds. The van der Waals surface area contributed by atoms with Gasteiger partial charge in [0.05, 0.1) is 17.5 Å². The highest BCUT2D eigenvalue weighted by Gasteiger charge is 2.26. The van der Waals surface area contributed by atoms with Crippen LogP contribution in [0.5, 0.6) is 0 Å². The molecule has 2 aliphatic rings. The number of aromatic nitrogens is 1. The standard InChI is InChI=1S/C27H21ClFN3S/c28-21-5-8-23-25(16-21)33-17-20-2-1-13-31-27(20)26(23)19-10-14-32(15-11-19)24(9-12-30)18-3-6-22(29)7-4-18/h1-9,13,16H,10-11,14-15,17H2. The molecule has 6 heteroatoms. The average Bonchev–Trinajstić information content (AvgIpc) is 3.00. The molecule has 0 N–H and O–H groups in total. The van der Waals surface area contributed by atoms with Gasteiger partial charge in [-0.05, 0) is 72.0 Å². The summed E-state index contributed by atoms with van der Waals surface area (Å²) in [5.74, 6) is 0.580. The number of hydrogen-bond donors (Lipinski definition) is 0. The molecular weight excluding hydrogens is 453 g/mol. The number of halogens is 2. The van der Waals surface area contributed by atoms with Gasteiger partial charge in [-0.1, -0.05) is 29.3 Å². The van der Waals surface area contributed by atoms with Crippen molar-refractivity contribution >= 4 is 34.6 Å². The first kappa shape index (κ1) is 21.8. The first-order chi connectivity index (χ1) is 16.1. The molecule has 1 aromatic heterocycles. The van der Waals surface area contributed by atoms with Gasteiger partial charge in [-0.25, -0.2) is 4.39 Å². The topological polar surface area (TPSA) is 39.9 Å². The van der Waals surface area contributed by atoms with E-state index < -0.39 is 0 Å². The third-order valence-electron chi connectivity index (χ3n) is 6.13. The molecule has 0 aliphatic carbocycles. The molecule has 3 nitrogen and oxygen atoms in total. The van der Waals surface area contributed by atoms with E-state index in [2.05, 4.69) is 23.1 Å². The lowest BCUT2D eigenvalue weighted by Gasteiger charge is -2.33. The Kier molecular flexibility index (Phi) is 6.22. The van der Waals surface area contributed by atoms with Crippen LogP contribution in [0.1, 0.15) is 35.2 Å². The van der Waals surface area contributed by atoms with Gasteiger partial charge in [0.2, 0.25) is 0 Å². The number of benzene rings is 2. The zero-order chi connectivity index (χ0) is 22.8. The molecule has 0 radical (unpaired) electrons. The number of pyridine rings is 1. The van der Waals surface area contributed by atoms with E-state index in [1.54, 1.807) is 30.0 Å². The van der Waals surface area contributed by atoms with Gasteiger partial charge in [0.1, 0.15) is 5.82 Å². The summed E-state index contributed by atoms with van der Waals surface area (Å²) in [6, 6.07) is 18.8. The monoisotopic (exact) mass is 473 g/mol. The number of hydrogen-bond acceptors (Lipinski definition) is 4. The molecule has 0 spiro atoms. The first-order valence-corrected chi connectivity index (χ1v) is 12.2. The Morgan fingerprint density at radius 2 is 1.91 bits per heavy atom. The van der Waals surface area contributed by atoms with Gasteiger partial charge in [0.25, 0.3) is 0 Å². The van der Waals surface area contributed by atoms with Crippen LogP contribution < -0.4 is 0 Å². The highest BCUT2D eigenvalue weighted by molar-refractivity contribution is 7.98. The zero-order valence-electron chi connectivity index (χ0n) is 17.9. The molecule has 1 saturated heterocycles. The van der Waals surface area contributed by atoms with Crippen molar-refractivity contribution in [3.63, 3.8) is 0 Å². The summed E-state index contributed by atoms with van der Waals surface area (Å²) in [5.41, 5.74) is 7.76. The number of thioether (sulfide) groups is 1. The van der Waals surface area contributed by atoms with E-state index in [0.29, 0.717) is 0 Å². The van der Waals surface area contributed by atoms with Crippen molar-refractivity contribution in [2.45, 2.75) is 23.5 Å². The lowest BCUT2D eigenvalue weighted by Crippen LogP contribution is -2.30. The Balaban J connectivity index is 1.52. The number of likely N-dealkylation sites (tertiary alicyclic amines) is 1. The van der Waals surface area contributed by atoms with Crippen LogP contribution >= 0.6 is 23.4 Å². The fourth-order valence-corrected chi connectivity index (χ4v) is 5.87. The summed E-state index contributed by atoms with van der Waals surface area (Å²) in [7, 11) is 0. The smallest absolute Gasteiger partial charge is 0.123 e. The van der Waals surface area contributed by atoms with Crippen LogP contribution in [0.25, 0.3) is 11.3 Å². The Morgan fingerprint density at radius 3 is 2.67 bits per heavy atom. The molecule has 3 aromatic rings. The molecular formula is C27H21ClFN3S. The quantitative estimate of drug-likeness (QED) is 0.378. The third-order valence-corrected chi connectivity index (χ3v) is 7.47. The highest BCUT2D eigenvalue weighted by Crippen LogP contribution is 2.43. The van der Waals surface area contributed by atoms with Gasteiger partial charge in [0, 0.05) is 46.6 Å². The molecule has 0 unspecified atom stereocenters. The van der Waals surface area contributed by atoms with Crippen LogP contribution in [0.15, 0.2) is 77.3 Å². The summed E-state index contributed by atoms with van der Waals surface area (Å²) >= 11 is 8.12. The molecule has 5 rings (SSSR count). The number of piperidine rings is 1. The van der Waals surface area contributed by atoms with Gasteiger partial charge < -0.3 is 4.90 Å². The maximum absolute atomic E-state index is 13.4. The van der Waals surface area contributed by atoms with Crippen molar-refractivity contribution in [1.82, 2.24) is 9.88 Å². The van der Waals surface area contributed by atoms with E-state index in [0.717, 1.165) is 53.7 Å². The van der Waals surface area contributed by atoms with Crippen LogP contribution in [0.3, 0.4) is 0 Å². The molecule has 3 heterocycles. The fourth-order valence-electron chi connectivity index (χ4n) is 4.55. The van der Waals surface area contributed by atoms with Crippen molar-refractivity contribution in [2.75, 3.05) is 13.1 Å². The van der Waals surface area contributed by atoms with E-state index in [-0.39, 0.29) is 5.82 Å². The Morgan fingerprint density at radius 1 is 1.12 bits per heavy atom. The predicted octanol–water partition coefficient (Wildman–Crippen LogP) is 6.94. The van der Waals surface area contributed by atoms with E-state index in [1.807, 2.05) is 24.4 Å². The second-order valence-electron chi connectivity index (χ2n) is 8.07. The molecule has 0 bridgehead atoms. The lowest BCUT2D eigenvalue weighted by molar-refractivity contribution is 0.369. The van der Waals surface area contributed by atoms with Crippen molar-refractivity contribution in [3.05, 3.63) is 106 Å². The summed E-state index contributed by atoms with van der Waals surface area (Å²) < 4.78 is 13.4. The van der Waals surface area contributed by atoms with E-state index >= 15 is 0 Å². The van der Waals surface area contributed by atoms with Crippen molar-refractivity contribution in [2.24, 2.45) is 0 Å². The minimum Gasteiger partial charge on any atom is -0.370 e. The predicted molar refractivity (Wildman–Crippen MR) is 132 cm³/mol. The largest absolute Gasteiger partial charge is 0.370 e. The summed E-state index contributed by atoms with van der Waals surface area (Å²) in [6.07, 6.45) is 5.15. The highest BCUT2D eigenvalue weighted by atomic mass is 35.5. The molecule has 33 heavy (non-hydrogen) atoms. The summed E-state index contributed by atoms with van der Waals surface area (Å²) in [4.78, 5) is 8.19. The molecule has 1 fully saturated rings. The first-order valence-electron chi connectivity index (χ1n) is 10.8. The Hall–Kier alpha value is -3.07. The lowest BCUT2D eigenvalue weighted by atomic mass is 9.89. The SMILES string of the molecule is N#CC=C(c1ccc(F)cc1)N1CCC(=C2c3ccc(Cl)cc3SCc3cccnc32)CC1.